The van der Waals surface area contributed by atoms with Gasteiger partial charge in [0.15, 0.2) is 5.82 Å². The second-order valence-corrected chi connectivity index (χ2v) is 21.9. The first-order valence-corrected chi connectivity index (χ1v) is 26.6. The van der Waals surface area contributed by atoms with Crippen molar-refractivity contribution >= 4 is 68.2 Å². The van der Waals surface area contributed by atoms with E-state index in [1.807, 2.05) is 31.2 Å². The number of aromatic amines is 1. The topological polar surface area (TPSA) is 293 Å². The Morgan fingerprint density at radius 2 is 1.71 bits per heavy atom. The van der Waals surface area contributed by atoms with Gasteiger partial charge >= 0.3 is 0 Å². The minimum atomic E-state index is -3.73. The predicted molar refractivity (Wildman–Crippen MR) is 282 cm³/mol. The molecule has 20 nitrogen and oxygen atoms in total. The summed E-state index contributed by atoms with van der Waals surface area (Å²) >= 11 is 1.55. The standard InChI is InChI=1S/C52H60FN11O9S2/c1-7-75(71,72)63-38-20-16-34(23-40(38)73-30(3)32-14-18-36(53)19-15-32)44-43(47(54)67)48(62-61-44)59-41-21-17-35(26-56-41)49(68)55-22-8-9-42(66)60-46(52(4,5)6)51(70)64-27-37(65)24-39(64)50(69)57-25-31-10-12-33(13-11-31)45-29(2)58-28-74-45/h10-21,23,26,28,30,37,39,46,63,65H,7-9,22,24-25,27H2,1-6H3,(H2,54,67)(H,55,68)(H,57,69)(H,60,66)(H2,56,59,61,62)/t30-,37+,39?,46+/m0/s1. The molecule has 9 N–H and O–H groups in total. The van der Waals surface area contributed by atoms with Crippen LogP contribution in [0.1, 0.15) is 97.5 Å². The molecule has 1 unspecified atom stereocenters. The highest BCUT2D eigenvalue weighted by Gasteiger charge is 2.44. The summed E-state index contributed by atoms with van der Waals surface area (Å²) in [6.45, 7) is 10.8. The number of rotatable bonds is 21. The number of nitrogens with two attached hydrogens (primary N) is 1. The molecule has 6 aromatic rings. The van der Waals surface area contributed by atoms with Crippen LogP contribution in [-0.4, -0.2) is 105 Å². The van der Waals surface area contributed by atoms with Gasteiger partial charge in [0, 0.05) is 44.2 Å². The van der Waals surface area contributed by atoms with Crippen molar-refractivity contribution in [3.8, 4) is 27.4 Å². The van der Waals surface area contributed by atoms with Crippen LogP contribution in [0.15, 0.2) is 90.6 Å². The molecule has 1 aliphatic rings. The Bertz CT molecular complexity index is 3140. The normalized spacial score (nSPS) is 15.4. The molecule has 1 aliphatic heterocycles. The van der Waals surface area contributed by atoms with Gasteiger partial charge in [-0.3, -0.25) is 33.8 Å². The summed E-state index contributed by atoms with van der Waals surface area (Å²) in [6.07, 6.45) is -0.0293. The first-order valence-electron chi connectivity index (χ1n) is 24.1. The lowest BCUT2D eigenvalue weighted by Crippen LogP contribution is -2.57. The molecule has 75 heavy (non-hydrogen) atoms. The molecule has 7 rings (SSSR count). The van der Waals surface area contributed by atoms with Gasteiger partial charge in [-0.1, -0.05) is 63.2 Å². The van der Waals surface area contributed by atoms with Crippen LogP contribution in [0.5, 0.6) is 5.75 Å². The van der Waals surface area contributed by atoms with E-state index in [-0.39, 0.29) is 84.5 Å². The highest BCUT2D eigenvalue weighted by Crippen LogP contribution is 2.37. The van der Waals surface area contributed by atoms with Crippen LogP contribution in [0, 0.1) is 18.2 Å². The number of β-amino-alcohol motifs (C(OH)–C–C–N with tert-alkyl or cyclic N) is 1. The molecule has 1 fully saturated rings. The van der Waals surface area contributed by atoms with Gasteiger partial charge in [-0.25, -0.2) is 22.8 Å². The number of thiazole rings is 1. The van der Waals surface area contributed by atoms with Gasteiger partial charge in [0.2, 0.25) is 27.7 Å². The molecular weight excluding hydrogens is 1010 g/mol. The van der Waals surface area contributed by atoms with Gasteiger partial charge in [0.1, 0.15) is 41.1 Å². The minimum absolute atomic E-state index is 0.00774. The van der Waals surface area contributed by atoms with Crippen molar-refractivity contribution in [1.82, 2.24) is 41.0 Å². The van der Waals surface area contributed by atoms with E-state index in [4.69, 9.17) is 10.5 Å². The zero-order chi connectivity index (χ0) is 54.2. The third kappa shape index (κ3) is 13.9. The van der Waals surface area contributed by atoms with E-state index in [1.165, 1.54) is 54.4 Å². The zero-order valence-corrected chi connectivity index (χ0v) is 43.8. The van der Waals surface area contributed by atoms with Gasteiger partial charge in [-0.15, -0.1) is 11.3 Å². The summed E-state index contributed by atoms with van der Waals surface area (Å²) in [5.74, 6) is -3.01. The van der Waals surface area contributed by atoms with Crippen molar-refractivity contribution < 1.29 is 46.6 Å². The Kier molecular flexibility index (Phi) is 17.3. The predicted octanol–water partition coefficient (Wildman–Crippen LogP) is 6.11. The minimum Gasteiger partial charge on any atom is -0.484 e. The number of likely N-dealkylation sites (tertiary alicyclic amines) is 1. The van der Waals surface area contributed by atoms with Crippen LogP contribution in [0.4, 0.5) is 21.7 Å². The van der Waals surface area contributed by atoms with Crippen molar-refractivity contribution in [2.75, 3.05) is 28.9 Å². The fourth-order valence-corrected chi connectivity index (χ4v) is 9.72. The van der Waals surface area contributed by atoms with Crippen molar-refractivity contribution in [3.63, 3.8) is 0 Å². The van der Waals surface area contributed by atoms with Crippen molar-refractivity contribution in [1.29, 1.82) is 0 Å². The van der Waals surface area contributed by atoms with Crippen LogP contribution in [0.3, 0.4) is 0 Å². The number of benzene rings is 3. The smallest absolute Gasteiger partial charge is 0.254 e. The van der Waals surface area contributed by atoms with E-state index < -0.39 is 75.1 Å². The number of carbonyl (C=O) groups excluding carboxylic acids is 5. The summed E-state index contributed by atoms with van der Waals surface area (Å²) in [6, 6.07) is 18.9. The number of aliphatic hydroxyl groups is 1. The maximum absolute atomic E-state index is 14.1. The number of pyridine rings is 1. The maximum atomic E-state index is 14.1. The Labute approximate surface area is 437 Å². The molecule has 0 aliphatic carbocycles. The number of amides is 5. The van der Waals surface area contributed by atoms with E-state index in [9.17, 15) is 41.9 Å². The third-order valence-electron chi connectivity index (χ3n) is 12.4. The Morgan fingerprint density at radius 3 is 2.35 bits per heavy atom. The molecule has 0 saturated carbocycles. The summed E-state index contributed by atoms with van der Waals surface area (Å²) in [7, 11) is -3.73. The van der Waals surface area contributed by atoms with Crippen molar-refractivity contribution in [2.45, 2.75) is 91.6 Å². The fourth-order valence-electron chi connectivity index (χ4n) is 8.26. The van der Waals surface area contributed by atoms with Crippen LogP contribution >= 0.6 is 11.3 Å². The summed E-state index contributed by atoms with van der Waals surface area (Å²) in [5.41, 5.74) is 11.1. The number of aryl methyl sites for hydroxylation is 1. The largest absolute Gasteiger partial charge is 0.484 e. The first-order chi connectivity index (χ1) is 35.6. The number of ether oxygens (including phenoxy) is 1. The van der Waals surface area contributed by atoms with Crippen LogP contribution in [-0.2, 0) is 31.0 Å². The quantitative estimate of drug-likeness (QED) is 0.0378. The lowest BCUT2D eigenvalue weighted by Gasteiger charge is -2.35. The number of nitrogens with zero attached hydrogens (tertiary/aromatic N) is 4. The molecule has 0 radical (unpaired) electrons. The maximum Gasteiger partial charge on any atom is 0.254 e. The fraction of sp³-hybridized carbons (Fsp3) is 0.346. The first kappa shape index (κ1) is 55.0. The lowest BCUT2D eigenvalue weighted by molar-refractivity contribution is -0.144. The van der Waals surface area contributed by atoms with E-state index in [2.05, 4.69) is 46.2 Å². The number of hydrogen-bond acceptors (Lipinski definition) is 14. The van der Waals surface area contributed by atoms with Gasteiger partial charge in [0.05, 0.1) is 44.9 Å². The number of aliphatic hydroxyl groups excluding tert-OH is 1. The molecule has 0 bridgehead atoms. The van der Waals surface area contributed by atoms with Gasteiger partial charge < -0.3 is 41.7 Å². The molecule has 396 valence electrons. The highest BCUT2D eigenvalue weighted by molar-refractivity contribution is 7.92. The second kappa shape index (κ2) is 23.6. The van der Waals surface area contributed by atoms with E-state index in [0.29, 0.717) is 11.1 Å². The molecule has 1 saturated heterocycles. The summed E-state index contributed by atoms with van der Waals surface area (Å²) in [4.78, 5) is 77.9. The average molecular weight is 1070 g/mol. The number of hydrogen-bond donors (Lipinski definition) is 8. The molecule has 23 heteroatoms. The highest BCUT2D eigenvalue weighted by atomic mass is 32.2. The molecule has 0 spiro atoms. The molecule has 3 aromatic carbocycles. The lowest BCUT2D eigenvalue weighted by atomic mass is 9.85. The number of aromatic nitrogens is 4. The second-order valence-electron chi connectivity index (χ2n) is 19.1. The SMILES string of the molecule is CCS(=O)(=O)Nc1ccc(-c2[nH]nc(Nc3ccc(C(=O)NCCCC(=O)N[C@H](C(=O)N4C[C@H](O)CC4C(=O)NCc4ccc(-c5scnc5C)cc4)C(C)(C)C)cn3)c2C(N)=O)cc1O[C@@H](C)c1ccc(F)cc1. The molecule has 5 amide bonds. The number of nitrogens with one attached hydrogen (secondary N) is 6. The Morgan fingerprint density at radius 1 is 0.987 bits per heavy atom. The zero-order valence-electron chi connectivity index (χ0n) is 42.2. The van der Waals surface area contributed by atoms with E-state index >= 15 is 0 Å². The number of primary amides is 1. The summed E-state index contributed by atoms with van der Waals surface area (Å²) in [5, 5.41) is 29.1. The van der Waals surface area contributed by atoms with Gasteiger partial charge in [-0.05, 0) is 85.7 Å². The Balaban J connectivity index is 0.919. The number of halogens is 1. The number of anilines is 3. The average Bonchev–Trinajstić information content (AvgIpc) is 4.12. The Hall–Kier alpha value is -7.76. The summed E-state index contributed by atoms with van der Waals surface area (Å²) < 4.78 is 47.4. The third-order valence-corrected chi connectivity index (χ3v) is 14.7. The number of sulfonamides is 1. The van der Waals surface area contributed by atoms with Crippen LogP contribution in [0.2, 0.25) is 0 Å². The van der Waals surface area contributed by atoms with E-state index in [1.54, 1.807) is 62.7 Å². The molecule has 4 atom stereocenters. The van der Waals surface area contributed by atoms with E-state index in [0.717, 1.165) is 21.7 Å². The van der Waals surface area contributed by atoms with Crippen molar-refractivity contribution in [3.05, 3.63) is 124 Å². The van der Waals surface area contributed by atoms with Gasteiger partial charge in [0.25, 0.3) is 11.8 Å². The molecule has 3 aromatic heterocycles. The van der Waals surface area contributed by atoms with Crippen LogP contribution < -0.4 is 36.5 Å². The van der Waals surface area contributed by atoms with Crippen LogP contribution in [0.25, 0.3) is 21.7 Å². The molecular formula is C52H60FN11O9S2. The molecule has 4 heterocycles. The van der Waals surface area contributed by atoms with Crippen molar-refractivity contribution in [2.24, 2.45) is 11.1 Å². The van der Waals surface area contributed by atoms with Gasteiger partial charge in [-0.2, -0.15) is 5.10 Å². The number of H-pyrrole nitrogens is 1. The number of carbonyl (C=O) groups is 5. The monoisotopic (exact) mass is 1070 g/mol.